The van der Waals surface area contributed by atoms with Crippen LogP contribution in [0.5, 0.6) is 0 Å². The van der Waals surface area contributed by atoms with E-state index in [1.807, 2.05) is 13.8 Å². The summed E-state index contributed by atoms with van der Waals surface area (Å²) in [7, 11) is 0. The van der Waals surface area contributed by atoms with Gasteiger partial charge in [-0.3, -0.25) is 4.79 Å². The second kappa shape index (κ2) is 17.2. The highest BCUT2D eigenvalue weighted by Crippen LogP contribution is 2.89. The van der Waals surface area contributed by atoms with E-state index in [-0.39, 0.29) is 41.8 Å². The molecule has 4 heterocycles. The van der Waals surface area contributed by atoms with E-state index in [4.69, 9.17) is 37.9 Å². The van der Waals surface area contributed by atoms with Gasteiger partial charge in [0.15, 0.2) is 25.0 Å². The fourth-order valence-electron chi connectivity index (χ4n) is 16.4. The van der Waals surface area contributed by atoms with Crippen LogP contribution in [-0.2, 0) is 42.7 Å². The highest BCUT2D eigenvalue weighted by molar-refractivity contribution is 5.66. The van der Waals surface area contributed by atoms with Gasteiger partial charge in [0.25, 0.3) is 0 Å². The van der Waals surface area contributed by atoms with Crippen LogP contribution in [0, 0.1) is 44.8 Å². The number of hydrogen-bond donors (Lipinski definition) is 10. The van der Waals surface area contributed by atoms with Crippen LogP contribution in [-0.4, -0.2) is 192 Å². The van der Waals surface area contributed by atoms with Gasteiger partial charge in [-0.1, -0.05) is 27.7 Å². The Bertz CT molecular complexity index is 1840. The van der Waals surface area contributed by atoms with Crippen LogP contribution in [0.2, 0.25) is 0 Å². The molecule has 19 nitrogen and oxygen atoms in total. The van der Waals surface area contributed by atoms with Crippen LogP contribution in [0.15, 0.2) is 0 Å². The maximum absolute atomic E-state index is 12.5. The molecule has 0 aromatic rings. The number of carbonyl (C=O) groups excluding carboxylic acids is 1. The highest BCUT2D eigenvalue weighted by Gasteiger charge is 2.85. The minimum atomic E-state index is -1.59. The van der Waals surface area contributed by atoms with Crippen molar-refractivity contribution < 1.29 is 93.8 Å². The summed E-state index contributed by atoms with van der Waals surface area (Å²) in [5.74, 6) is -1.09. The van der Waals surface area contributed by atoms with Crippen molar-refractivity contribution in [1.82, 2.24) is 0 Å². The molecule has 25 atom stereocenters. The third kappa shape index (κ3) is 7.65. The molecule has 2 spiro atoms. The van der Waals surface area contributed by atoms with Crippen molar-refractivity contribution in [3.05, 3.63) is 0 Å². The van der Waals surface area contributed by atoms with Crippen molar-refractivity contribution in [3.63, 3.8) is 0 Å². The van der Waals surface area contributed by atoms with Crippen LogP contribution < -0.4 is 0 Å². The standard InChI is InChI=1S/C48H78O19/c1-21(50)62-36-31(55)24(53)19-61-41(36)65-28-10-12-48-20-47(48)14-13-44(6)37(46(8)11-9-29(66-46)43(4,5)67-40-35(59)33(57)32(56)26(17-49)64-40)22(51)16-45(44,7)27(47)15-25(38(48)42(28,2)3)63-39-34(58)30(54)23(52)18-60-39/h22-41,49,51-59H,9-20H2,1-8H3. The molecule has 67 heavy (non-hydrogen) atoms. The summed E-state index contributed by atoms with van der Waals surface area (Å²) in [6, 6.07) is 0. The van der Waals surface area contributed by atoms with Gasteiger partial charge < -0.3 is 89.0 Å². The third-order valence-corrected chi connectivity index (χ3v) is 19.8. The van der Waals surface area contributed by atoms with Crippen molar-refractivity contribution in [2.75, 3.05) is 19.8 Å². The zero-order chi connectivity index (χ0) is 48.8. The van der Waals surface area contributed by atoms with Gasteiger partial charge in [0.2, 0.25) is 0 Å². The molecule has 0 amide bonds. The lowest BCUT2D eigenvalue weighted by Crippen LogP contribution is -2.65. The van der Waals surface area contributed by atoms with E-state index >= 15 is 0 Å². The van der Waals surface area contributed by atoms with E-state index < -0.39 is 144 Å². The molecular weight excluding hydrogens is 881 g/mol. The molecule has 4 saturated heterocycles. The van der Waals surface area contributed by atoms with Crippen LogP contribution in [0.1, 0.15) is 113 Å². The second-order valence-corrected chi connectivity index (χ2v) is 24.0. The lowest BCUT2D eigenvalue weighted by atomic mass is 9.41. The van der Waals surface area contributed by atoms with Crippen LogP contribution in [0.4, 0.5) is 0 Å². The minimum absolute atomic E-state index is 0.0441. The van der Waals surface area contributed by atoms with Gasteiger partial charge in [-0.25, -0.2) is 0 Å². The normalized spacial score (nSPS) is 56.0. The average Bonchev–Trinajstić information content (AvgIpc) is 3.62. The van der Waals surface area contributed by atoms with Gasteiger partial charge in [0.05, 0.1) is 55.4 Å². The largest absolute Gasteiger partial charge is 0.454 e. The van der Waals surface area contributed by atoms with E-state index in [0.717, 1.165) is 25.7 Å². The number of aliphatic hydroxyl groups excluding tert-OH is 10. The molecule has 384 valence electrons. The summed E-state index contributed by atoms with van der Waals surface area (Å²) < 4.78 is 50.1. The van der Waals surface area contributed by atoms with Crippen molar-refractivity contribution in [3.8, 4) is 0 Å². The molecule has 19 heteroatoms. The Hall–Kier alpha value is -1.21. The van der Waals surface area contributed by atoms with Gasteiger partial charge in [0, 0.05) is 12.8 Å². The van der Waals surface area contributed by atoms with Crippen molar-refractivity contribution in [2.45, 2.75) is 229 Å². The number of hydrogen-bond acceptors (Lipinski definition) is 19. The Balaban J connectivity index is 0.998. The van der Waals surface area contributed by atoms with E-state index in [9.17, 15) is 55.9 Å². The van der Waals surface area contributed by atoms with Gasteiger partial charge in [-0.2, -0.15) is 0 Å². The van der Waals surface area contributed by atoms with Gasteiger partial charge >= 0.3 is 5.97 Å². The number of fused-ring (bicyclic) bond motifs is 2. The first kappa shape index (κ1) is 50.7. The lowest BCUT2D eigenvalue weighted by Gasteiger charge is -2.65. The summed E-state index contributed by atoms with van der Waals surface area (Å²) in [6.45, 7) is 14.8. The maximum Gasteiger partial charge on any atom is 0.303 e. The molecule has 0 radical (unpaired) electrons. The third-order valence-electron chi connectivity index (χ3n) is 19.8. The summed E-state index contributed by atoms with van der Waals surface area (Å²) in [6.07, 6.45) is -13.9. The molecule has 4 aliphatic heterocycles. The zero-order valence-electron chi connectivity index (χ0n) is 40.2. The summed E-state index contributed by atoms with van der Waals surface area (Å²) in [5.41, 5.74) is -3.75. The number of carbonyl (C=O) groups is 1. The van der Waals surface area contributed by atoms with Crippen LogP contribution >= 0.6 is 0 Å². The fourth-order valence-corrected chi connectivity index (χ4v) is 16.4. The summed E-state index contributed by atoms with van der Waals surface area (Å²) >= 11 is 0. The van der Waals surface area contributed by atoms with Crippen molar-refractivity contribution in [2.24, 2.45) is 44.8 Å². The summed E-state index contributed by atoms with van der Waals surface area (Å²) in [5, 5.41) is 108. The number of ether oxygens (including phenoxy) is 8. The number of aliphatic hydroxyl groups is 10. The Morgan fingerprint density at radius 2 is 1.34 bits per heavy atom. The van der Waals surface area contributed by atoms with E-state index in [1.54, 1.807) is 0 Å². The molecule has 5 aliphatic carbocycles. The molecule has 10 N–H and O–H groups in total. The quantitative estimate of drug-likeness (QED) is 0.0999. The monoisotopic (exact) mass is 959 g/mol. The van der Waals surface area contributed by atoms with E-state index in [0.29, 0.717) is 32.1 Å². The van der Waals surface area contributed by atoms with Crippen molar-refractivity contribution in [1.29, 1.82) is 0 Å². The Kier molecular flexibility index (Phi) is 13.0. The van der Waals surface area contributed by atoms with Crippen molar-refractivity contribution >= 4 is 5.97 Å². The number of rotatable bonds is 10. The first-order chi connectivity index (χ1) is 31.2. The van der Waals surface area contributed by atoms with E-state index in [1.165, 1.54) is 6.92 Å². The Labute approximate surface area is 392 Å². The molecule has 0 bridgehead atoms. The molecular formula is C48H78O19. The lowest BCUT2D eigenvalue weighted by molar-refractivity contribution is -0.335. The molecule has 0 aromatic carbocycles. The van der Waals surface area contributed by atoms with Gasteiger partial charge in [-0.05, 0) is 117 Å². The molecule has 25 unspecified atom stereocenters. The first-order valence-electron chi connectivity index (χ1n) is 24.7. The van der Waals surface area contributed by atoms with E-state index in [2.05, 4.69) is 34.6 Å². The van der Waals surface area contributed by atoms with Gasteiger partial charge in [-0.15, -0.1) is 0 Å². The fraction of sp³-hybridized carbons (Fsp3) is 0.979. The van der Waals surface area contributed by atoms with Crippen LogP contribution in [0.25, 0.3) is 0 Å². The second-order valence-electron chi connectivity index (χ2n) is 24.0. The average molecular weight is 959 g/mol. The van der Waals surface area contributed by atoms with Gasteiger partial charge in [0.1, 0.15) is 54.9 Å². The Morgan fingerprint density at radius 3 is 2.01 bits per heavy atom. The predicted octanol–water partition coefficient (Wildman–Crippen LogP) is -0.242. The predicted molar refractivity (Wildman–Crippen MR) is 230 cm³/mol. The molecule has 9 rings (SSSR count). The Morgan fingerprint density at radius 1 is 0.687 bits per heavy atom. The SMILES string of the molecule is CC(=O)OC1C(OC2CCC34CC35CCC3(C)C(C6(C)CCC(C(C)(C)OC7OC(CO)C(O)C(O)C7O)O6)C(O)CC3(C)C5CC(OC3OCC(O)C(O)C3O)C4C2(C)C)OCC(O)C1O. The summed E-state index contributed by atoms with van der Waals surface area (Å²) in [4.78, 5) is 12.2. The van der Waals surface area contributed by atoms with Crippen LogP contribution in [0.3, 0.4) is 0 Å². The zero-order valence-corrected chi connectivity index (χ0v) is 40.2. The molecule has 0 aromatic heterocycles. The topological polar surface area (TPSA) is 293 Å². The molecule has 9 fully saturated rings. The highest BCUT2D eigenvalue weighted by atomic mass is 16.7. The maximum atomic E-state index is 12.5. The smallest absolute Gasteiger partial charge is 0.303 e. The minimum Gasteiger partial charge on any atom is -0.454 e. The first-order valence-corrected chi connectivity index (χ1v) is 24.7. The number of esters is 1. The molecule has 9 aliphatic rings. The molecule has 5 saturated carbocycles.